The van der Waals surface area contributed by atoms with Gasteiger partial charge < -0.3 is 37.7 Å². The molecule has 3 atom stereocenters. The second-order valence-corrected chi connectivity index (χ2v) is 8.45. The van der Waals surface area contributed by atoms with E-state index < -0.39 is 12.1 Å². The summed E-state index contributed by atoms with van der Waals surface area (Å²) in [6.45, 7) is 17.3. The number of nitrogens with two attached hydrogens (primary N) is 3. The van der Waals surface area contributed by atoms with Gasteiger partial charge in [-0.1, -0.05) is 66.0 Å². The number of aldehydes is 1. The van der Waals surface area contributed by atoms with Crippen LogP contribution in [-0.4, -0.2) is 62.2 Å². The van der Waals surface area contributed by atoms with Gasteiger partial charge in [-0.25, -0.2) is 0 Å². The van der Waals surface area contributed by atoms with Crippen molar-refractivity contribution in [3.8, 4) is 0 Å². The van der Waals surface area contributed by atoms with E-state index in [1.807, 2.05) is 26.0 Å². The van der Waals surface area contributed by atoms with Crippen LogP contribution < -0.4 is 27.8 Å². The number of unbranched alkanes of at least 4 members (excludes halogenated alkanes) is 3. The van der Waals surface area contributed by atoms with Crippen LogP contribution in [0.3, 0.4) is 0 Å². The smallest absolute Gasteiger partial charge is 0.221 e. The molecule has 0 saturated carbocycles. The normalized spacial score (nSPS) is 12.8. The molecule has 0 aromatic carbocycles. The highest BCUT2D eigenvalue weighted by Gasteiger charge is 2.21. The molecule has 0 rings (SSSR count). The van der Waals surface area contributed by atoms with Gasteiger partial charge in [0.25, 0.3) is 0 Å². The van der Waals surface area contributed by atoms with Crippen molar-refractivity contribution in [1.82, 2.24) is 10.6 Å². The molecule has 33 heavy (non-hydrogen) atoms. The fourth-order valence-electron chi connectivity index (χ4n) is 2.30. The lowest BCUT2D eigenvalue weighted by Crippen LogP contribution is -2.43. The number of aliphatic hydroxyl groups is 1. The van der Waals surface area contributed by atoms with Crippen LogP contribution in [0.5, 0.6) is 0 Å². The van der Waals surface area contributed by atoms with E-state index >= 15 is 0 Å². The first kappa shape index (κ1) is 38.9. The third-order valence-electron chi connectivity index (χ3n) is 3.90. The van der Waals surface area contributed by atoms with Crippen molar-refractivity contribution in [1.29, 1.82) is 0 Å². The molecule has 0 fully saturated rings. The van der Waals surface area contributed by atoms with Crippen molar-refractivity contribution in [3.63, 3.8) is 0 Å². The van der Waals surface area contributed by atoms with Crippen LogP contribution in [0.25, 0.3) is 0 Å². The summed E-state index contributed by atoms with van der Waals surface area (Å²) in [5.74, 6) is 0.632. The Hall–Kier alpha value is -1.32. The fraction of sp³-hybridized carbons (Fsp3) is 0.840. The van der Waals surface area contributed by atoms with Crippen LogP contribution in [0.2, 0.25) is 0 Å². The number of rotatable bonds is 14. The SMILES string of the molecule is CC(C)C.CC=CC(C)C(O)C(N)CC(=O)NCCNCCN.CC=O.CCCCCCN. The zero-order valence-corrected chi connectivity index (χ0v) is 22.6. The van der Waals surface area contributed by atoms with Gasteiger partial charge in [0.1, 0.15) is 6.29 Å². The van der Waals surface area contributed by atoms with Crippen LogP contribution >= 0.6 is 0 Å². The monoisotopic (exact) mass is 475 g/mol. The van der Waals surface area contributed by atoms with E-state index in [4.69, 9.17) is 22.0 Å². The standard InChI is InChI=1S/C13H28N4O2.C6H15N.C4H10.C2H4O/c1-3-4-10(2)13(19)11(15)9-12(18)17-8-7-16-6-5-14;1-2-3-4-5-6-7;1-4(2)3;1-2-3/h3-4,10-11,13,16,19H,5-9,14-15H2,1-2H3,(H,17,18);2-7H2,1H3;4H,1-3H3;2H,1H3. The van der Waals surface area contributed by atoms with Gasteiger partial charge in [-0.2, -0.15) is 0 Å². The second-order valence-electron chi connectivity index (χ2n) is 8.45. The number of allylic oxidation sites excluding steroid dienone is 1. The summed E-state index contributed by atoms with van der Waals surface area (Å²) in [5, 5.41) is 15.7. The molecular formula is C25H57N5O3. The summed E-state index contributed by atoms with van der Waals surface area (Å²) in [5.41, 5.74) is 16.4. The minimum absolute atomic E-state index is 0.0565. The van der Waals surface area contributed by atoms with Gasteiger partial charge in [0.15, 0.2) is 0 Å². The Kier molecular flexibility index (Phi) is 38.8. The molecule has 3 unspecified atom stereocenters. The van der Waals surface area contributed by atoms with Crippen molar-refractivity contribution in [2.75, 3.05) is 32.7 Å². The van der Waals surface area contributed by atoms with E-state index in [-0.39, 0.29) is 18.2 Å². The molecule has 0 radical (unpaired) electrons. The maximum atomic E-state index is 11.6. The van der Waals surface area contributed by atoms with Crippen LogP contribution in [0, 0.1) is 11.8 Å². The molecule has 8 heteroatoms. The van der Waals surface area contributed by atoms with E-state index in [0.717, 1.165) is 25.3 Å². The maximum absolute atomic E-state index is 11.6. The highest BCUT2D eigenvalue weighted by atomic mass is 16.3. The summed E-state index contributed by atoms with van der Waals surface area (Å²) < 4.78 is 0. The maximum Gasteiger partial charge on any atom is 0.221 e. The van der Waals surface area contributed by atoms with Crippen LogP contribution in [-0.2, 0) is 9.59 Å². The highest BCUT2D eigenvalue weighted by Crippen LogP contribution is 2.10. The molecular weight excluding hydrogens is 418 g/mol. The largest absolute Gasteiger partial charge is 0.391 e. The highest BCUT2D eigenvalue weighted by molar-refractivity contribution is 5.76. The Labute approximate surface area is 204 Å². The molecule has 0 bridgehead atoms. The van der Waals surface area contributed by atoms with Crippen molar-refractivity contribution in [2.24, 2.45) is 29.0 Å². The zero-order chi connectivity index (χ0) is 26.5. The summed E-state index contributed by atoms with van der Waals surface area (Å²) >= 11 is 0. The van der Waals surface area contributed by atoms with E-state index in [1.54, 1.807) is 0 Å². The van der Waals surface area contributed by atoms with Crippen LogP contribution in [0.1, 0.15) is 80.6 Å². The Balaban J connectivity index is -0.000000245. The van der Waals surface area contributed by atoms with Gasteiger partial charge in [-0.3, -0.25) is 4.79 Å². The number of nitrogens with one attached hydrogen (secondary N) is 2. The van der Waals surface area contributed by atoms with Crippen molar-refractivity contribution in [3.05, 3.63) is 12.2 Å². The molecule has 0 heterocycles. The average molecular weight is 476 g/mol. The minimum Gasteiger partial charge on any atom is -0.391 e. The van der Waals surface area contributed by atoms with Gasteiger partial charge in [-0.05, 0) is 32.7 Å². The van der Waals surface area contributed by atoms with E-state index in [1.165, 1.54) is 32.6 Å². The van der Waals surface area contributed by atoms with Gasteiger partial charge in [-0.15, -0.1) is 0 Å². The Morgan fingerprint density at radius 2 is 1.52 bits per heavy atom. The van der Waals surface area contributed by atoms with E-state index in [9.17, 15) is 9.90 Å². The molecule has 0 aromatic heterocycles. The van der Waals surface area contributed by atoms with Gasteiger partial charge in [0, 0.05) is 44.6 Å². The second kappa shape index (κ2) is 32.9. The first-order valence-electron chi connectivity index (χ1n) is 12.4. The van der Waals surface area contributed by atoms with Gasteiger partial charge in [0.2, 0.25) is 5.91 Å². The molecule has 8 nitrogen and oxygen atoms in total. The molecule has 1 amide bonds. The number of aliphatic hydroxyl groups excluding tert-OH is 1. The zero-order valence-electron chi connectivity index (χ0n) is 22.6. The van der Waals surface area contributed by atoms with Gasteiger partial charge in [0.05, 0.1) is 6.10 Å². The Morgan fingerprint density at radius 1 is 0.970 bits per heavy atom. The van der Waals surface area contributed by atoms with Crippen molar-refractivity contribution in [2.45, 2.75) is 92.7 Å². The molecule has 0 saturated heterocycles. The average Bonchev–Trinajstić information content (AvgIpc) is 2.74. The molecule has 0 spiro atoms. The summed E-state index contributed by atoms with van der Waals surface area (Å²) in [7, 11) is 0. The summed E-state index contributed by atoms with van der Waals surface area (Å²) in [6, 6.07) is -0.553. The Bertz CT molecular complexity index is 414. The molecule has 0 aliphatic heterocycles. The molecule has 9 N–H and O–H groups in total. The summed E-state index contributed by atoms with van der Waals surface area (Å²) in [6.07, 6.45) is 9.07. The lowest BCUT2D eigenvalue weighted by atomic mass is 9.95. The topological polar surface area (TPSA) is 156 Å². The number of hydrogen-bond acceptors (Lipinski definition) is 7. The lowest BCUT2D eigenvalue weighted by Gasteiger charge is -2.22. The first-order valence-corrected chi connectivity index (χ1v) is 12.4. The lowest BCUT2D eigenvalue weighted by molar-refractivity contribution is -0.122. The Morgan fingerprint density at radius 3 is 1.94 bits per heavy atom. The number of amides is 1. The third-order valence-corrected chi connectivity index (χ3v) is 3.90. The van der Waals surface area contributed by atoms with E-state index in [0.29, 0.717) is 19.6 Å². The number of hydrogen-bond donors (Lipinski definition) is 6. The van der Waals surface area contributed by atoms with Gasteiger partial charge >= 0.3 is 0 Å². The van der Waals surface area contributed by atoms with E-state index in [2.05, 4.69) is 38.3 Å². The molecule has 0 aromatic rings. The van der Waals surface area contributed by atoms with Crippen LogP contribution in [0.4, 0.5) is 0 Å². The fourth-order valence-corrected chi connectivity index (χ4v) is 2.30. The molecule has 200 valence electrons. The first-order chi connectivity index (χ1) is 15.6. The quantitative estimate of drug-likeness (QED) is 0.128. The number of carbonyl (C=O) groups excluding carboxylic acids is 2. The molecule has 0 aliphatic carbocycles. The predicted octanol–water partition coefficient (Wildman–Crippen LogP) is 2.33. The van der Waals surface area contributed by atoms with Crippen molar-refractivity contribution >= 4 is 12.2 Å². The molecule has 0 aliphatic rings. The summed E-state index contributed by atoms with van der Waals surface area (Å²) in [4.78, 5) is 20.4. The third kappa shape index (κ3) is 41.4. The predicted molar refractivity (Wildman–Crippen MR) is 143 cm³/mol. The minimum atomic E-state index is -0.711. The van der Waals surface area contributed by atoms with Crippen LogP contribution in [0.15, 0.2) is 12.2 Å². The number of carbonyl (C=O) groups is 2. The van der Waals surface area contributed by atoms with Crippen molar-refractivity contribution < 1.29 is 14.7 Å².